The van der Waals surface area contributed by atoms with E-state index in [9.17, 15) is 8.42 Å². The first-order valence-corrected chi connectivity index (χ1v) is 7.63. The van der Waals surface area contributed by atoms with Crippen molar-refractivity contribution in [2.45, 2.75) is 25.3 Å². The molecule has 0 amide bonds. The molecule has 0 spiro atoms. The normalized spacial score (nSPS) is 11.8. The van der Waals surface area contributed by atoms with E-state index in [4.69, 9.17) is 5.73 Å². The van der Waals surface area contributed by atoms with E-state index in [2.05, 4.69) is 9.82 Å². The number of benzene rings is 1. The van der Waals surface area contributed by atoms with Crippen molar-refractivity contribution < 1.29 is 8.42 Å². The van der Waals surface area contributed by atoms with E-state index < -0.39 is 10.0 Å². The minimum absolute atomic E-state index is 0.120. The van der Waals surface area contributed by atoms with Crippen molar-refractivity contribution in [3.63, 3.8) is 0 Å². The molecule has 1 aromatic heterocycles. The highest BCUT2D eigenvalue weighted by Gasteiger charge is 2.17. The van der Waals surface area contributed by atoms with E-state index in [-0.39, 0.29) is 11.4 Å². The van der Waals surface area contributed by atoms with Gasteiger partial charge < -0.3 is 5.73 Å². The maximum absolute atomic E-state index is 12.3. The number of nitrogens with one attached hydrogen (secondary N) is 1. The number of anilines is 1. The molecule has 108 valence electrons. The Bertz CT molecular complexity index is 735. The molecule has 0 radical (unpaired) electrons. The van der Waals surface area contributed by atoms with Gasteiger partial charge in [-0.25, -0.2) is 13.1 Å². The molecule has 0 aliphatic carbocycles. The molecule has 1 heterocycles. The van der Waals surface area contributed by atoms with Gasteiger partial charge in [-0.15, -0.1) is 0 Å². The van der Waals surface area contributed by atoms with E-state index in [1.165, 1.54) is 4.68 Å². The molecule has 0 saturated heterocycles. The van der Waals surface area contributed by atoms with Crippen molar-refractivity contribution in [2.24, 2.45) is 7.05 Å². The maximum atomic E-state index is 12.3. The van der Waals surface area contributed by atoms with Gasteiger partial charge in [-0.3, -0.25) is 4.68 Å². The Morgan fingerprint density at radius 2 is 2.05 bits per heavy atom. The average molecular weight is 294 g/mol. The lowest BCUT2D eigenvalue weighted by Crippen LogP contribution is -2.24. The van der Waals surface area contributed by atoms with Crippen LogP contribution in [0.5, 0.6) is 0 Å². The summed E-state index contributed by atoms with van der Waals surface area (Å²) in [6, 6.07) is 5.23. The molecule has 20 heavy (non-hydrogen) atoms. The molecular formula is C13H18N4O2S. The molecule has 2 aromatic rings. The van der Waals surface area contributed by atoms with Crippen molar-refractivity contribution in [1.29, 1.82) is 0 Å². The molecule has 2 rings (SSSR count). The van der Waals surface area contributed by atoms with Crippen molar-refractivity contribution in [1.82, 2.24) is 14.5 Å². The van der Waals surface area contributed by atoms with Crippen molar-refractivity contribution in [3.8, 4) is 0 Å². The zero-order valence-electron chi connectivity index (χ0n) is 11.7. The second kappa shape index (κ2) is 5.26. The van der Waals surface area contributed by atoms with Gasteiger partial charge in [0.25, 0.3) is 0 Å². The van der Waals surface area contributed by atoms with E-state index in [1.54, 1.807) is 32.3 Å². The zero-order chi connectivity index (χ0) is 14.9. The molecule has 0 atom stereocenters. The van der Waals surface area contributed by atoms with Gasteiger partial charge in [0.2, 0.25) is 10.0 Å². The van der Waals surface area contributed by atoms with E-state index in [0.717, 1.165) is 11.1 Å². The first-order valence-electron chi connectivity index (χ1n) is 6.14. The third kappa shape index (κ3) is 2.83. The Balaban J connectivity index is 2.21. The van der Waals surface area contributed by atoms with Crippen molar-refractivity contribution in [3.05, 3.63) is 41.1 Å². The topological polar surface area (TPSA) is 90.0 Å². The highest BCUT2D eigenvalue weighted by atomic mass is 32.2. The number of hydrogen-bond donors (Lipinski definition) is 2. The summed E-state index contributed by atoms with van der Waals surface area (Å²) in [4.78, 5) is 0.283. The van der Waals surface area contributed by atoms with Crippen molar-refractivity contribution >= 4 is 15.8 Å². The number of aromatic nitrogens is 2. The first kappa shape index (κ1) is 14.5. The highest BCUT2D eigenvalue weighted by molar-refractivity contribution is 7.89. The average Bonchev–Trinajstić information content (AvgIpc) is 2.67. The molecule has 3 N–H and O–H groups in total. The van der Waals surface area contributed by atoms with Gasteiger partial charge in [0.05, 0.1) is 11.1 Å². The summed E-state index contributed by atoms with van der Waals surface area (Å²) in [5.41, 5.74) is 8.18. The van der Waals surface area contributed by atoms with Gasteiger partial charge in [-0.2, -0.15) is 5.10 Å². The van der Waals surface area contributed by atoms with Gasteiger partial charge in [0, 0.05) is 19.2 Å². The second-order valence-corrected chi connectivity index (χ2v) is 6.51. The van der Waals surface area contributed by atoms with Crippen LogP contribution in [0.25, 0.3) is 0 Å². The molecule has 0 aliphatic rings. The van der Waals surface area contributed by atoms with Crippen LogP contribution in [0, 0.1) is 13.8 Å². The van der Waals surface area contributed by atoms with Gasteiger partial charge in [0.15, 0.2) is 0 Å². The Morgan fingerprint density at radius 1 is 1.35 bits per heavy atom. The van der Waals surface area contributed by atoms with Crippen LogP contribution >= 0.6 is 0 Å². The van der Waals surface area contributed by atoms with E-state index in [0.29, 0.717) is 11.4 Å². The van der Waals surface area contributed by atoms with Gasteiger partial charge >= 0.3 is 0 Å². The first-order chi connectivity index (χ1) is 9.31. The Hall–Kier alpha value is -1.86. The third-order valence-corrected chi connectivity index (χ3v) is 4.70. The Labute approximate surface area is 118 Å². The molecule has 6 nitrogen and oxygen atoms in total. The fraction of sp³-hybridized carbons (Fsp3) is 0.308. The summed E-state index contributed by atoms with van der Waals surface area (Å²) < 4.78 is 28.6. The minimum atomic E-state index is -3.56. The maximum Gasteiger partial charge on any atom is 0.241 e. The molecule has 1 aromatic carbocycles. The van der Waals surface area contributed by atoms with Gasteiger partial charge in [0.1, 0.15) is 5.82 Å². The molecule has 7 heteroatoms. The van der Waals surface area contributed by atoms with Crippen LogP contribution in [0.2, 0.25) is 0 Å². The van der Waals surface area contributed by atoms with Crippen LogP contribution in [-0.4, -0.2) is 18.2 Å². The Kier molecular flexibility index (Phi) is 3.82. The molecule has 0 fully saturated rings. The summed E-state index contributed by atoms with van der Waals surface area (Å²) >= 11 is 0. The molecule has 0 aliphatic heterocycles. The van der Waals surface area contributed by atoms with Gasteiger partial charge in [-0.05, 0) is 25.5 Å². The predicted molar refractivity (Wildman–Crippen MR) is 77.6 cm³/mol. The number of sulfonamides is 1. The quantitative estimate of drug-likeness (QED) is 0.883. The lowest BCUT2D eigenvalue weighted by molar-refractivity contribution is 0.581. The minimum Gasteiger partial charge on any atom is -0.384 e. The fourth-order valence-corrected chi connectivity index (χ4v) is 3.21. The fourth-order valence-electron chi connectivity index (χ4n) is 1.98. The van der Waals surface area contributed by atoms with Gasteiger partial charge in [-0.1, -0.05) is 17.7 Å². The Morgan fingerprint density at radius 3 is 2.60 bits per heavy atom. The van der Waals surface area contributed by atoms with Crippen LogP contribution in [0.3, 0.4) is 0 Å². The monoisotopic (exact) mass is 294 g/mol. The molecule has 0 unspecified atom stereocenters. The number of hydrogen-bond acceptors (Lipinski definition) is 4. The number of nitrogens with two attached hydrogens (primary N) is 1. The lowest BCUT2D eigenvalue weighted by Gasteiger charge is -2.09. The van der Waals surface area contributed by atoms with Crippen LogP contribution < -0.4 is 10.5 Å². The van der Waals surface area contributed by atoms with E-state index >= 15 is 0 Å². The van der Waals surface area contributed by atoms with Crippen LogP contribution in [0.15, 0.2) is 29.3 Å². The van der Waals surface area contributed by atoms with Crippen LogP contribution in [0.1, 0.15) is 16.7 Å². The number of rotatable bonds is 4. The highest BCUT2D eigenvalue weighted by Crippen LogP contribution is 2.17. The number of nitrogen functional groups attached to an aromatic ring is 1. The molecule has 0 bridgehead atoms. The summed E-state index contributed by atoms with van der Waals surface area (Å²) in [5.74, 6) is 0.452. The van der Waals surface area contributed by atoms with Crippen molar-refractivity contribution in [2.75, 3.05) is 5.73 Å². The summed E-state index contributed by atoms with van der Waals surface area (Å²) in [5, 5.41) is 3.98. The number of aryl methyl sites for hydroxylation is 3. The third-order valence-electron chi connectivity index (χ3n) is 3.14. The van der Waals surface area contributed by atoms with Crippen LogP contribution in [0.4, 0.5) is 5.82 Å². The lowest BCUT2D eigenvalue weighted by atomic mass is 10.2. The van der Waals surface area contributed by atoms with E-state index in [1.807, 2.05) is 13.0 Å². The predicted octanol–water partition coefficient (Wildman–Crippen LogP) is 1.10. The summed E-state index contributed by atoms with van der Waals surface area (Å²) in [6.45, 7) is 3.82. The largest absolute Gasteiger partial charge is 0.384 e. The standard InChI is InChI=1S/C13H18N4O2S/c1-9-4-5-12(10(2)6-9)20(18,19)16-8-11-7-15-17(3)13(11)14/h4-7,16H,8,14H2,1-3H3. The van der Waals surface area contributed by atoms with Crippen LogP contribution in [-0.2, 0) is 23.6 Å². The second-order valence-electron chi connectivity index (χ2n) is 4.77. The molecular weight excluding hydrogens is 276 g/mol. The SMILES string of the molecule is Cc1ccc(S(=O)(=O)NCc2cnn(C)c2N)c(C)c1. The number of nitrogens with zero attached hydrogens (tertiary/aromatic N) is 2. The smallest absolute Gasteiger partial charge is 0.241 e. The summed E-state index contributed by atoms with van der Waals surface area (Å²) in [6.07, 6.45) is 1.56. The summed E-state index contributed by atoms with van der Waals surface area (Å²) in [7, 11) is -1.85. The molecule has 0 saturated carbocycles. The zero-order valence-corrected chi connectivity index (χ0v) is 12.5.